The van der Waals surface area contributed by atoms with Gasteiger partial charge in [-0.3, -0.25) is 0 Å². The maximum Gasteiger partial charge on any atom is 0.150 e. The van der Waals surface area contributed by atoms with Gasteiger partial charge in [0.25, 0.3) is 0 Å². The second-order valence-electron chi connectivity index (χ2n) is 11.4. The summed E-state index contributed by atoms with van der Waals surface area (Å²) in [5.41, 5.74) is 26.9. The fourth-order valence-electron chi connectivity index (χ4n) is 5.58. The van der Waals surface area contributed by atoms with Gasteiger partial charge >= 0.3 is 0 Å². The number of nitrogen functional groups attached to an aromatic ring is 3. The minimum absolute atomic E-state index is 0.204. The summed E-state index contributed by atoms with van der Waals surface area (Å²) in [5, 5.41) is 0. The van der Waals surface area contributed by atoms with E-state index >= 15 is 0 Å². The van der Waals surface area contributed by atoms with E-state index in [1.54, 1.807) is 0 Å². The summed E-state index contributed by atoms with van der Waals surface area (Å²) in [5.74, 6) is 3.67. The number of ether oxygens (including phenoxy) is 3. The van der Waals surface area contributed by atoms with Crippen molar-refractivity contribution in [2.75, 3.05) is 17.2 Å². The fourth-order valence-corrected chi connectivity index (χ4v) is 5.58. The molecule has 230 valence electrons. The van der Waals surface area contributed by atoms with Crippen LogP contribution < -0.4 is 31.4 Å². The Labute approximate surface area is 270 Å². The molecule has 0 aliphatic heterocycles. The molecule has 0 radical (unpaired) electrons. The number of hydrogen-bond acceptors (Lipinski definition) is 6. The molecule has 0 atom stereocenters. The van der Waals surface area contributed by atoms with E-state index in [0.29, 0.717) is 51.6 Å². The van der Waals surface area contributed by atoms with Gasteiger partial charge < -0.3 is 31.4 Å². The third kappa shape index (κ3) is 6.47. The lowest BCUT2D eigenvalue weighted by Gasteiger charge is -2.26. The van der Waals surface area contributed by atoms with Crippen LogP contribution in [0.5, 0.6) is 34.5 Å². The molecule has 6 aromatic carbocycles. The number of hydrogen-bond donors (Lipinski definition) is 3. The van der Waals surface area contributed by atoms with Crippen LogP contribution in [0.15, 0.2) is 127 Å². The van der Waals surface area contributed by atoms with Crippen molar-refractivity contribution in [2.45, 2.75) is 26.7 Å². The number of para-hydroxylation sites is 6. The molecule has 6 N–H and O–H groups in total. The van der Waals surface area contributed by atoms with Crippen LogP contribution in [0.4, 0.5) is 17.1 Å². The second-order valence-corrected chi connectivity index (χ2v) is 11.4. The van der Waals surface area contributed by atoms with Crippen LogP contribution in [0, 0.1) is 20.8 Å². The predicted molar refractivity (Wildman–Crippen MR) is 187 cm³/mol. The first-order valence-corrected chi connectivity index (χ1v) is 15.2. The van der Waals surface area contributed by atoms with Gasteiger partial charge in [-0.25, -0.2) is 0 Å². The Hall–Kier alpha value is -5.88. The van der Waals surface area contributed by atoms with Crippen molar-refractivity contribution in [1.82, 2.24) is 0 Å². The molecule has 0 bridgehead atoms. The van der Waals surface area contributed by atoms with Gasteiger partial charge in [-0.2, -0.15) is 0 Å². The molecule has 46 heavy (non-hydrogen) atoms. The summed E-state index contributed by atoms with van der Waals surface area (Å²) in [6, 6.07) is 40.9. The molecular formula is C40H37N3O3. The van der Waals surface area contributed by atoms with Gasteiger partial charge in [-0.15, -0.1) is 0 Å². The van der Waals surface area contributed by atoms with Crippen molar-refractivity contribution in [2.24, 2.45) is 0 Å². The SMILES string of the molecule is Cc1ccc(Oc2ccccc2N)cc1C(c1cc(Oc2ccccc2N)ccc1C)c1cc(Oc2ccccc2N)ccc1C. The van der Waals surface area contributed by atoms with E-state index in [0.717, 1.165) is 33.4 Å². The van der Waals surface area contributed by atoms with Gasteiger partial charge in [0.2, 0.25) is 0 Å². The standard InChI is InChI=1S/C40H37N3O3/c1-25-16-19-28(44-37-13-7-4-10-34(37)41)22-31(25)40(32-23-29(20-17-26(32)2)45-38-14-8-5-11-35(38)42)33-24-30(21-18-27(33)3)46-39-15-9-6-12-36(39)43/h4-24,40H,41-43H2,1-3H3. The monoisotopic (exact) mass is 607 g/mol. The van der Waals surface area contributed by atoms with Crippen molar-refractivity contribution in [3.05, 3.63) is 161 Å². The zero-order valence-electron chi connectivity index (χ0n) is 26.2. The normalized spacial score (nSPS) is 11.0. The lowest BCUT2D eigenvalue weighted by Crippen LogP contribution is -2.10. The first-order valence-electron chi connectivity index (χ1n) is 15.2. The number of nitrogens with two attached hydrogens (primary N) is 3. The third-order valence-electron chi connectivity index (χ3n) is 8.13. The lowest BCUT2D eigenvalue weighted by molar-refractivity contribution is 0.482. The summed E-state index contributed by atoms with van der Waals surface area (Å²) in [4.78, 5) is 0. The molecule has 0 aromatic heterocycles. The molecule has 6 heteroatoms. The fraction of sp³-hybridized carbons (Fsp3) is 0.100. The van der Waals surface area contributed by atoms with E-state index in [1.807, 2.05) is 91.0 Å². The Kier molecular flexibility index (Phi) is 8.53. The predicted octanol–water partition coefficient (Wildman–Crippen LogP) is 9.92. The van der Waals surface area contributed by atoms with Gasteiger partial charge in [-0.05, 0) is 127 Å². The van der Waals surface area contributed by atoms with E-state index in [2.05, 4.69) is 57.2 Å². The molecule has 6 nitrogen and oxygen atoms in total. The van der Waals surface area contributed by atoms with E-state index in [9.17, 15) is 0 Å². The highest BCUT2D eigenvalue weighted by atomic mass is 16.5. The highest BCUT2D eigenvalue weighted by molar-refractivity contribution is 5.59. The molecule has 6 aromatic rings. The molecule has 0 aliphatic rings. The molecule has 0 fully saturated rings. The molecule has 0 saturated carbocycles. The zero-order chi connectivity index (χ0) is 32.2. The Bertz CT molecular complexity index is 1790. The summed E-state index contributed by atoms with van der Waals surface area (Å²) in [7, 11) is 0. The smallest absolute Gasteiger partial charge is 0.150 e. The highest BCUT2D eigenvalue weighted by Crippen LogP contribution is 2.43. The van der Waals surface area contributed by atoms with Gasteiger partial charge in [-0.1, -0.05) is 54.6 Å². The minimum atomic E-state index is -0.204. The first kappa shape index (κ1) is 30.2. The molecule has 6 rings (SSSR count). The largest absolute Gasteiger partial charge is 0.455 e. The second kappa shape index (κ2) is 13.0. The summed E-state index contributed by atoms with van der Waals surface area (Å²) >= 11 is 0. The van der Waals surface area contributed by atoms with E-state index in [-0.39, 0.29) is 5.92 Å². The minimum Gasteiger partial charge on any atom is -0.455 e. The van der Waals surface area contributed by atoms with Crippen LogP contribution in [0.1, 0.15) is 39.3 Å². The average molecular weight is 608 g/mol. The van der Waals surface area contributed by atoms with Crippen LogP contribution in [0.2, 0.25) is 0 Å². The maximum atomic E-state index is 6.32. The van der Waals surface area contributed by atoms with Gasteiger partial charge in [0, 0.05) is 5.92 Å². The molecule has 0 aliphatic carbocycles. The first-order chi connectivity index (χ1) is 22.3. The van der Waals surface area contributed by atoms with Crippen LogP contribution in [-0.2, 0) is 0 Å². The lowest BCUT2D eigenvalue weighted by atomic mass is 9.79. The van der Waals surface area contributed by atoms with Crippen molar-refractivity contribution in [3.63, 3.8) is 0 Å². The van der Waals surface area contributed by atoms with Crippen LogP contribution in [0.25, 0.3) is 0 Å². The zero-order valence-corrected chi connectivity index (χ0v) is 26.2. The maximum absolute atomic E-state index is 6.32. The van der Waals surface area contributed by atoms with E-state index in [4.69, 9.17) is 31.4 Å². The van der Waals surface area contributed by atoms with Crippen molar-refractivity contribution >= 4 is 17.1 Å². The summed E-state index contributed by atoms with van der Waals surface area (Å²) in [6.07, 6.45) is 0. The van der Waals surface area contributed by atoms with Gasteiger partial charge in [0.15, 0.2) is 0 Å². The topological polar surface area (TPSA) is 106 Å². The summed E-state index contributed by atoms with van der Waals surface area (Å²) < 4.78 is 19.0. The van der Waals surface area contributed by atoms with Crippen molar-refractivity contribution < 1.29 is 14.2 Å². The molecular weight excluding hydrogens is 570 g/mol. The Morgan fingerprint density at radius 1 is 0.391 bits per heavy atom. The molecule has 0 unspecified atom stereocenters. The molecule has 0 heterocycles. The number of aryl methyl sites for hydroxylation is 3. The third-order valence-corrected chi connectivity index (χ3v) is 8.13. The van der Waals surface area contributed by atoms with Gasteiger partial charge in [0.05, 0.1) is 17.1 Å². The van der Waals surface area contributed by atoms with Crippen LogP contribution in [0.3, 0.4) is 0 Å². The van der Waals surface area contributed by atoms with Gasteiger partial charge in [0.1, 0.15) is 34.5 Å². The Morgan fingerprint density at radius 3 is 0.957 bits per heavy atom. The van der Waals surface area contributed by atoms with E-state index in [1.165, 1.54) is 0 Å². The van der Waals surface area contributed by atoms with Crippen molar-refractivity contribution in [3.8, 4) is 34.5 Å². The molecule has 0 amide bonds. The van der Waals surface area contributed by atoms with E-state index < -0.39 is 0 Å². The molecule has 0 saturated heterocycles. The van der Waals surface area contributed by atoms with Crippen LogP contribution in [-0.4, -0.2) is 0 Å². The van der Waals surface area contributed by atoms with Crippen molar-refractivity contribution in [1.29, 1.82) is 0 Å². The highest BCUT2D eigenvalue weighted by Gasteiger charge is 2.25. The quantitative estimate of drug-likeness (QED) is 0.112. The average Bonchev–Trinajstić information content (AvgIpc) is 3.05. The van der Waals surface area contributed by atoms with Crippen LogP contribution >= 0.6 is 0 Å². The number of benzene rings is 6. The summed E-state index contributed by atoms with van der Waals surface area (Å²) in [6.45, 7) is 6.34. The number of rotatable bonds is 9. The Morgan fingerprint density at radius 2 is 0.674 bits per heavy atom. The molecule has 0 spiro atoms. The number of anilines is 3. The Balaban J connectivity index is 1.50.